The van der Waals surface area contributed by atoms with E-state index in [2.05, 4.69) is 48.3 Å². The van der Waals surface area contributed by atoms with E-state index in [0.29, 0.717) is 0 Å². The number of anilines is 1. The van der Waals surface area contributed by atoms with Crippen molar-refractivity contribution in [1.29, 1.82) is 0 Å². The van der Waals surface area contributed by atoms with E-state index in [0.717, 1.165) is 12.6 Å². The van der Waals surface area contributed by atoms with Gasteiger partial charge in [-0.25, -0.2) is 0 Å². The van der Waals surface area contributed by atoms with E-state index >= 15 is 0 Å². The van der Waals surface area contributed by atoms with Gasteiger partial charge in [0.15, 0.2) is 0 Å². The molecule has 0 amide bonds. The summed E-state index contributed by atoms with van der Waals surface area (Å²) in [7, 11) is 0. The van der Waals surface area contributed by atoms with Crippen molar-refractivity contribution in [3.63, 3.8) is 0 Å². The van der Waals surface area contributed by atoms with E-state index in [1.54, 1.807) is 0 Å². The highest BCUT2D eigenvalue weighted by Gasteiger charge is 2.18. The molecule has 19 heavy (non-hydrogen) atoms. The lowest BCUT2D eigenvalue weighted by atomic mass is 10.1. The lowest BCUT2D eigenvalue weighted by Gasteiger charge is -2.29. The minimum Gasteiger partial charge on any atom is -0.384 e. The van der Waals surface area contributed by atoms with E-state index in [1.807, 2.05) is 0 Å². The Hall–Kier alpha value is -1.02. The predicted molar refractivity (Wildman–Crippen MR) is 83.8 cm³/mol. The normalized spacial score (nSPS) is 21.1. The Labute approximate surface area is 118 Å². The maximum Gasteiger partial charge on any atom is 0.0370 e. The van der Waals surface area contributed by atoms with Gasteiger partial charge in [0, 0.05) is 24.8 Å². The van der Waals surface area contributed by atoms with Crippen LogP contribution in [0.15, 0.2) is 24.3 Å². The number of benzene rings is 1. The lowest BCUT2D eigenvalue weighted by Crippen LogP contribution is -2.37. The van der Waals surface area contributed by atoms with E-state index in [9.17, 15) is 0 Å². The smallest absolute Gasteiger partial charge is 0.0370 e. The Morgan fingerprint density at radius 2 is 2.05 bits per heavy atom. The molecule has 0 aliphatic carbocycles. The number of para-hydroxylation sites is 1. The number of hydrogen-bond acceptors (Lipinski definition) is 2. The molecule has 1 aliphatic rings. The van der Waals surface area contributed by atoms with Crippen molar-refractivity contribution in [2.75, 3.05) is 25.0 Å². The zero-order chi connectivity index (χ0) is 13.5. The first-order valence-electron chi connectivity index (χ1n) is 7.85. The standard InChI is InChI=1S/C17H28N2/c1-3-16-10-5-4-8-13-19(16)14-12-18-17-11-7-6-9-15(17)2/h6-7,9,11,16,18H,3-5,8,10,12-14H2,1-2H3. The monoisotopic (exact) mass is 260 g/mol. The Kier molecular flexibility index (Phi) is 5.71. The van der Waals surface area contributed by atoms with Crippen LogP contribution in [0.1, 0.15) is 44.6 Å². The van der Waals surface area contributed by atoms with Crippen LogP contribution in [0.2, 0.25) is 0 Å². The second-order valence-corrected chi connectivity index (χ2v) is 5.69. The van der Waals surface area contributed by atoms with Crippen LogP contribution in [-0.4, -0.2) is 30.6 Å². The fraction of sp³-hybridized carbons (Fsp3) is 0.647. The molecule has 0 aromatic heterocycles. The highest BCUT2D eigenvalue weighted by atomic mass is 15.2. The summed E-state index contributed by atoms with van der Waals surface area (Å²) in [6.45, 7) is 8.02. The molecule has 0 saturated carbocycles. The van der Waals surface area contributed by atoms with Crippen molar-refractivity contribution < 1.29 is 0 Å². The SMILES string of the molecule is CCC1CCCCCN1CCNc1ccccc1C. The molecule has 1 aromatic rings. The molecule has 106 valence electrons. The van der Waals surface area contributed by atoms with Crippen LogP contribution in [-0.2, 0) is 0 Å². The number of nitrogens with zero attached hydrogens (tertiary/aromatic N) is 1. The van der Waals surface area contributed by atoms with Crippen LogP contribution in [0.3, 0.4) is 0 Å². The number of nitrogens with one attached hydrogen (secondary N) is 1. The van der Waals surface area contributed by atoms with E-state index < -0.39 is 0 Å². The highest BCUT2D eigenvalue weighted by Crippen LogP contribution is 2.19. The molecule has 2 heteroatoms. The van der Waals surface area contributed by atoms with Crippen LogP contribution in [0.5, 0.6) is 0 Å². The van der Waals surface area contributed by atoms with Crippen molar-refractivity contribution in [2.24, 2.45) is 0 Å². The summed E-state index contributed by atoms with van der Waals surface area (Å²) in [5.74, 6) is 0. The largest absolute Gasteiger partial charge is 0.384 e. The molecule has 1 saturated heterocycles. The molecule has 2 rings (SSSR count). The van der Waals surface area contributed by atoms with Crippen LogP contribution >= 0.6 is 0 Å². The first kappa shape index (κ1) is 14.4. The number of aryl methyl sites for hydroxylation is 1. The van der Waals surface area contributed by atoms with Crippen molar-refractivity contribution >= 4 is 5.69 Å². The van der Waals surface area contributed by atoms with Crippen LogP contribution in [0.4, 0.5) is 5.69 Å². The molecule has 1 atom stereocenters. The van der Waals surface area contributed by atoms with Crippen molar-refractivity contribution in [3.8, 4) is 0 Å². The summed E-state index contributed by atoms with van der Waals surface area (Å²) in [4.78, 5) is 2.69. The van der Waals surface area contributed by atoms with Gasteiger partial charge in [-0.2, -0.15) is 0 Å². The summed E-state index contributed by atoms with van der Waals surface area (Å²) >= 11 is 0. The summed E-state index contributed by atoms with van der Waals surface area (Å²) in [6.07, 6.45) is 6.89. The van der Waals surface area contributed by atoms with Crippen LogP contribution < -0.4 is 5.32 Å². The Bertz CT molecular complexity index is 375. The van der Waals surface area contributed by atoms with Gasteiger partial charge in [-0.1, -0.05) is 38.0 Å². The molecule has 1 N–H and O–H groups in total. The summed E-state index contributed by atoms with van der Waals surface area (Å²) < 4.78 is 0. The second kappa shape index (κ2) is 7.54. The van der Waals surface area contributed by atoms with E-state index in [1.165, 1.54) is 56.4 Å². The van der Waals surface area contributed by atoms with Gasteiger partial charge in [0.25, 0.3) is 0 Å². The number of likely N-dealkylation sites (tertiary alicyclic amines) is 1. The minimum atomic E-state index is 0.807. The Morgan fingerprint density at radius 1 is 1.21 bits per heavy atom. The molecule has 0 bridgehead atoms. The molecule has 2 nitrogen and oxygen atoms in total. The first-order valence-corrected chi connectivity index (χ1v) is 7.85. The van der Waals surface area contributed by atoms with E-state index in [4.69, 9.17) is 0 Å². The summed E-state index contributed by atoms with van der Waals surface area (Å²) in [5.41, 5.74) is 2.62. The third-order valence-corrected chi connectivity index (χ3v) is 4.33. The topological polar surface area (TPSA) is 15.3 Å². The van der Waals surface area contributed by atoms with Gasteiger partial charge in [-0.05, 0) is 44.4 Å². The number of hydrogen-bond donors (Lipinski definition) is 1. The van der Waals surface area contributed by atoms with Crippen molar-refractivity contribution in [3.05, 3.63) is 29.8 Å². The van der Waals surface area contributed by atoms with Gasteiger partial charge < -0.3 is 5.32 Å². The average Bonchev–Trinajstić information content (AvgIpc) is 2.66. The van der Waals surface area contributed by atoms with Gasteiger partial charge in [-0.3, -0.25) is 4.90 Å². The molecule has 1 unspecified atom stereocenters. The molecular formula is C17H28N2. The van der Waals surface area contributed by atoms with Gasteiger partial charge >= 0.3 is 0 Å². The summed E-state index contributed by atoms with van der Waals surface area (Å²) in [5, 5.41) is 3.58. The molecule has 0 radical (unpaired) electrons. The Morgan fingerprint density at radius 3 is 2.84 bits per heavy atom. The van der Waals surface area contributed by atoms with Gasteiger partial charge in [0.2, 0.25) is 0 Å². The van der Waals surface area contributed by atoms with Crippen molar-refractivity contribution in [1.82, 2.24) is 4.90 Å². The second-order valence-electron chi connectivity index (χ2n) is 5.69. The van der Waals surface area contributed by atoms with Gasteiger partial charge in [0.05, 0.1) is 0 Å². The third-order valence-electron chi connectivity index (χ3n) is 4.33. The molecule has 1 heterocycles. The van der Waals surface area contributed by atoms with Gasteiger partial charge in [-0.15, -0.1) is 0 Å². The van der Waals surface area contributed by atoms with Crippen LogP contribution in [0.25, 0.3) is 0 Å². The van der Waals surface area contributed by atoms with Crippen molar-refractivity contribution in [2.45, 2.75) is 52.0 Å². The maximum absolute atomic E-state index is 3.58. The number of rotatable bonds is 5. The fourth-order valence-electron chi connectivity index (χ4n) is 3.10. The lowest BCUT2D eigenvalue weighted by molar-refractivity contribution is 0.202. The molecule has 0 spiro atoms. The molecule has 1 aliphatic heterocycles. The zero-order valence-corrected chi connectivity index (χ0v) is 12.5. The Balaban J connectivity index is 1.82. The minimum absolute atomic E-state index is 0.807. The molecular weight excluding hydrogens is 232 g/mol. The molecule has 1 fully saturated rings. The van der Waals surface area contributed by atoms with Gasteiger partial charge in [0.1, 0.15) is 0 Å². The quantitative estimate of drug-likeness (QED) is 0.859. The highest BCUT2D eigenvalue weighted by molar-refractivity contribution is 5.50. The maximum atomic E-state index is 3.58. The molecule has 1 aromatic carbocycles. The van der Waals surface area contributed by atoms with E-state index in [-0.39, 0.29) is 0 Å². The zero-order valence-electron chi connectivity index (χ0n) is 12.5. The third kappa shape index (κ3) is 4.24. The summed E-state index contributed by atoms with van der Waals surface area (Å²) in [6, 6.07) is 9.36. The first-order chi connectivity index (χ1) is 9.31. The average molecular weight is 260 g/mol. The predicted octanol–water partition coefficient (Wildman–Crippen LogP) is 4.06. The van der Waals surface area contributed by atoms with Crippen LogP contribution in [0, 0.1) is 6.92 Å². The fourth-order valence-corrected chi connectivity index (χ4v) is 3.10.